The van der Waals surface area contributed by atoms with Crippen LogP contribution in [0, 0.1) is 11.3 Å². The van der Waals surface area contributed by atoms with Gasteiger partial charge >= 0.3 is 5.97 Å². The molecule has 0 N–H and O–H groups in total. The molecule has 0 unspecified atom stereocenters. The molecule has 84 valence electrons. The Hall–Kier alpha value is -1.34. The standard InChI is InChI=1S/C12H12BrNO2/c1-16-12(15)10-6-2-4-9(5-3-7-14)11(10)8-13/h2,4,6H,3,5,8H2,1H3. The molecule has 1 aromatic carbocycles. The molecule has 0 spiro atoms. The minimum Gasteiger partial charge on any atom is -0.465 e. The van der Waals surface area contributed by atoms with Crippen LogP contribution in [0.25, 0.3) is 0 Å². The highest BCUT2D eigenvalue weighted by molar-refractivity contribution is 9.08. The van der Waals surface area contributed by atoms with Crippen molar-refractivity contribution in [3.8, 4) is 6.07 Å². The van der Waals surface area contributed by atoms with Crippen molar-refractivity contribution in [3.05, 3.63) is 34.9 Å². The van der Waals surface area contributed by atoms with Crippen molar-refractivity contribution in [2.24, 2.45) is 0 Å². The van der Waals surface area contributed by atoms with Crippen molar-refractivity contribution in [3.63, 3.8) is 0 Å². The van der Waals surface area contributed by atoms with Gasteiger partial charge in [-0.25, -0.2) is 4.79 Å². The van der Waals surface area contributed by atoms with Crippen molar-refractivity contribution in [1.82, 2.24) is 0 Å². The van der Waals surface area contributed by atoms with E-state index in [9.17, 15) is 4.79 Å². The van der Waals surface area contributed by atoms with Crippen LogP contribution in [0.2, 0.25) is 0 Å². The highest BCUT2D eigenvalue weighted by atomic mass is 79.9. The summed E-state index contributed by atoms with van der Waals surface area (Å²) in [6.45, 7) is 0. The Bertz CT molecular complexity index is 424. The molecule has 0 aliphatic heterocycles. The molecule has 1 aromatic rings. The van der Waals surface area contributed by atoms with E-state index in [1.807, 2.05) is 12.1 Å². The quantitative estimate of drug-likeness (QED) is 0.630. The molecule has 3 nitrogen and oxygen atoms in total. The van der Waals surface area contributed by atoms with Crippen LogP contribution in [-0.2, 0) is 16.5 Å². The van der Waals surface area contributed by atoms with Crippen LogP contribution in [0.5, 0.6) is 0 Å². The smallest absolute Gasteiger partial charge is 0.338 e. The topological polar surface area (TPSA) is 50.1 Å². The molecule has 0 aromatic heterocycles. The van der Waals surface area contributed by atoms with Crippen molar-refractivity contribution < 1.29 is 9.53 Å². The Morgan fingerprint density at radius 1 is 1.56 bits per heavy atom. The molecule has 0 fully saturated rings. The van der Waals surface area contributed by atoms with Crippen molar-refractivity contribution in [2.75, 3.05) is 7.11 Å². The van der Waals surface area contributed by atoms with Crippen LogP contribution in [0.15, 0.2) is 18.2 Å². The first-order valence-corrected chi connectivity index (χ1v) is 5.98. The second-order valence-electron chi connectivity index (χ2n) is 3.23. The molecule has 0 aliphatic carbocycles. The van der Waals surface area contributed by atoms with E-state index in [0.717, 1.165) is 11.1 Å². The van der Waals surface area contributed by atoms with E-state index < -0.39 is 0 Å². The molecule has 0 heterocycles. The average molecular weight is 282 g/mol. The lowest BCUT2D eigenvalue weighted by atomic mass is 9.99. The number of nitrogens with zero attached hydrogens (tertiary/aromatic N) is 1. The molecule has 1 rings (SSSR count). The lowest BCUT2D eigenvalue weighted by Crippen LogP contribution is -2.07. The van der Waals surface area contributed by atoms with Crippen LogP contribution in [0.1, 0.15) is 27.9 Å². The molecule has 0 amide bonds. The van der Waals surface area contributed by atoms with Crippen LogP contribution in [-0.4, -0.2) is 13.1 Å². The van der Waals surface area contributed by atoms with Crippen LogP contribution in [0.4, 0.5) is 0 Å². The summed E-state index contributed by atoms with van der Waals surface area (Å²) in [5, 5.41) is 9.14. The zero-order valence-corrected chi connectivity index (χ0v) is 10.6. The van der Waals surface area contributed by atoms with E-state index in [1.54, 1.807) is 6.07 Å². The van der Waals surface area contributed by atoms with Crippen molar-refractivity contribution in [2.45, 2.75) is 18.2 Å². The number of carbonyl (C=O) groups is 1. The maximum absolute atomic E-state index is 11.5. The van der Waals surface area contributed by atoms with Gasteiger partial charge in [0.05, 0.1) is 18.7 Å². The van der Waals surface area contributed by atoms with E-state index in [2.05, 4.69) is 22.0 Å². The highest BCUT2D eigenvalue weighted by Gasteiger charge is 2.13. The summed E-state index contributed by atoms with van der Waals surface area (Å²) in [7, 11) is 1.36. The molecule has 16 heavy (non-hydrogen) atoms. The molecular formula is C12H12BrNO2. The van der Waals surface area contributed by atoms with Crippen molar-refractivity contribution in [1.29, 1.82) is 5.26 Å². The molecule has 0 aliphatic rings. The third-order valence-electron chi connectivity index (χ3n) is 2.32. The predicted molar refractivity (Wildman–Crippen MR) is 64.3 cm³/mol. The minimum absolute atomic E-state index is 0.340. The maximum atomic E-state index is 11.5. The first kappa shape index (κ1) is 12.7. The number of hydrogen-bond acceptors (Lipinski definition) is 3. The van der Waals surface area contributed by atoms with E-state index in [-0.39, 0.29) is 5.97 Å². The number of methoxy groups -OCH3 is 1. The minimum atomic E-state index is -0.340. The second kappa shape index (κ2) is 6.29. The average Bonchev–Trinajstić information content (AvgIpc) is 2.34. The number of rotatable bonds is 4. The van der Waals surface area contributed by atoms with Gasteiger partial charge in [-0.3, -0.25) is 0 Å². The zero-order valence-electron chi connectivity index (χ0n) is 9.00. The number of halogens is 1. The second-order valence-corrected chi connectivity index (χ2v) is 3.79. The van der Waals surface area contributed by atoms with Gasteiger partial charge in [0.15, 0.2) is 0 Å². The Morgan fingerprint density at radius 2 is 2.31 bits per heavy atom. The third kappa shape index (κ3) is 2.83. The van der Waals surface area contributed by atoms with Gasteiger partial charge < -0.3 is 4.74 Å². The van der Waals surface area contributed by atoms with Gasteiger partial charge in [-0.2, -0.15) is 5.26 Å². The van der Waals surface area contributed by atoms with E-state index in [1.165, 1.54) is 7.11 Å². The van der Waals surface area contributed by atoms with Crippen molar-refractivity contribution >= 4 is 21.9 Å². The van der Waals surface area contributed by atoms with Gasteiger partial charge in [0, 0.05) is 11.8 Å². The highest BCUT2D eigenvalue weighted by Crippen LogP contribution is 2.20. The number of ether oxygens (including phenoxy) is 1. The lowest BCUT2D eigenvalue weighted by Gasteiger charge is -2.10. The maximum Gasteiger partial charge on any atom is 0.338 e. The summed E-state index contributed by atoms with van der Waals surface area (Å²) in [5.41, 5.74) is 2.49. The van der Waals surface area contributed by atoms with Gasteiger partial charge in [-0.05, 0) is 23.6 Å². The fraction of sp³-hybridized carbons (Fsp3) is 0.333. The largest absolute Gasteiger partial charge is 0.465 e. The third-order valence-corrected chi connectivity index (χ3v) is 2.88. The Balaban J connectivity index is 3.11. The summed E-state index contributed by atoms with van der Waals surface area (Å²) in [6, 6.07) is 7.57. The van der Waals surface area contributed by atoms with Crippen LogP contribution in [0.3, 0.4) is 0 Å². The van der Waals surface area contributed by atoms with E-state index in [4.69, 9.17) is 10.00 Å². The van der Waals surface area contributed by atoms with Crippen LogP contribution < -0.4 is 0 Å². The molecule has 4 heteroatoms. The number of aryl methyl sites for hydroxylation is 1. The SMILES string of the molecule is COC(=O)c1cccc(CCC#N)c1CBr. The molecule has 0 saturated heterocycles. The molecule has 0 bridgehead atoms. The van der Waals surface area contributed by atoms with E-state index >= 15 is 0 Å². The summed E-state index contributed by atoms with van der Waals surface area (Å²) >= 11 is 3.36. The number of benzene rings is 1. The predicted octanol–water partition coefficient (Wildman–Crippen LogP) is 2.82. The summed E-state index contributed by atoms with van der Waals surface area (Å²) in [6.07, 6.45) is 1.10. The first-order chi connectivity index (χ1) is 7.74. The van der Waals surface area contributed by atoms with Gasteiger partial charge in [-0.1, -0.05) is 28.1 Å². The van der Waals surface area contributed by atoms with Gasteiger partial charge in [0.2, 0.25) is 0 Å². The number of nitriles is 1. The summed E-state index contributed by atoms with van der Waals surface area (Å²) < 4.78 is 4.71. The first-order valence-electron chi connectivity index (χ1n) is 4.86. The fourth-order valence-electron chi connectivity index (χ4n) is 1.52. The summed E-state index contributed by atoms with van der Waals surface area (Å²) in [4.78, 5) is 11.5. The van der Waals surface area contributed by atoms with Gasteiger partial charge in [-0.15, -0.1) is 0 Å². The number of esters is 1. The Morgan fingerprint density at radius 3 is 2.88 bits per heavy atom. The van der Waals surface area contributed by atoms with E-state index in [0.29, 0.717) is 23.7 Å². The Labute approximate surface area is 103 Å². The van der Waals surface area contributed by atoms with Crippen LogP contribution >= 0.6 is 15.9 Å². The Kier molecular flexibility index (Phi) is 5.00. The number of hydrogen-bond donors (Lipinski definition) is 0. The molecular weight excluding hydrogens is 270 g/mol. The molecule has 0 atom stereocenters. The monoisotopic (exact) mass is 281 g/mol. The molecule has 0 radical (unpaired) electrons. The zero-order chi connectivity index (χ0) is 12.0. The number of alkyl halides is 1. The lowest BCUT2D eigenvalue weighted by molar-refractivity contribution is 0.0599. The van der Waals surface area contributed by atoms with Gasteiger partial charge in [0.1, 0.15) is 0 Å². The number of carbonyl (C=O) groups excluding carboxylic acids is 1. The van der Waals surface area contributed by atoms with Gasteiger partial charge in [0.25, 0.3) is 0 Å². The normalized spacial score (nSPS) is 9.56. The summed E-state index contributed by atoms with van der Waals surface area (Å²) in [5.74, 6) is -0.340. The molecule has 0 saturated carbocycles. The fourth-order valence-corrected chi connectivity index (χ4v) is 2.18.